The van der Waals surface area contributed by atoms with Crippen LogP contribution < -0.4 is 5.32 Å². The summed E-state index contributed by atoms with van der Waals surface area (Å²) in [4.78, 5) is 0. The lowest BCUT2D eigenvalue weighted by Crippen LogP contribution is -2.09. The van der Waals surface area contributed by atoms with Gasteiger partial charge in [0.25, 0.3) is 0 Å². The zero-order chi connectivity index (χ0) is 18.9. The van der Waals surface area contributed by atoms with Gasteiger partial charge in [0.15, 0.2) is 0 Å². The molecule has 4 aromatic carbocycles. The Bertz CT molecular complexity index is 1120. The molecule has 0 atom stereocenters. The summed E-state index contributed by atoms with van der Waals surface area (Å²) >= 11 is 0. The van der Waals surface area contributed by atoms with Crippen LogP contribution in [0.25, 0.3) is 22.3 Å². The van der Waals surface area contributed by atoms with E-state index in [0.29, 0.717) is 0 Å². The number of rotatable bonds is 4. The molecule has 0 amide bonds. The molecule has 0 fully saturated rings. The van der Waals surface area contributed by atoms with Gasteiger partial charge in [0.1, 0.15) is 0 Å². The summed E-state index contributed by atoms with van der Waals surface area (Å²) in [5, 5.41) is 3.51. The third-order valence-corrected chi connectivity index (χ3v) is 5.64. The molecular weight excluding hydrogens is 338 g/mol. The third-order valence-electron chi connectivity index (χ3n) is 5.64. The summed E-state index contributed by atoms with van der Waals surface area (Å²) in [6.45, 7) is 2.13. The van der Waals surface area contributed by atoms with Crippen LogP contribution in [0.15, 0.2) is 91.0 Å². The molecule has 0 bridgehead atoms. The monoisotopic (exact) mass is 361 g/mol. The van der Waals surface area contributed by atoms with Crippen molar-refractivity contribution in [2.45, 2.75) is 19.8 Å². The van der Waals surface area contributed by atoms with Gasteiger partial charge in [0.05, 0.1) is 0 Å². The molecule has 4 aromatic rings. The Morgan fingerprint density at radius 2 is 1.29 bits per heavy atom. The van der Waals surface area contributed by atoms with Gasteiger partial charge in [-0.15, -0.1) is 0 Å². The molecule has 1 aliphatic carbocycles. The average Bonchev–Trinajstić information content (AvgIpc) is 2.70. The first-order valence-corrected chi connectivity index (χ1v) is 9.92. The number of nitrogens with one attached hydrogen (secondary N) is 1. The highest BCUT2D eigenvalue weighted by Crippen LogP contribution is 2.34. The number of anilines is 2. The van der Waals surface area contributed by atoms with Crippen LogP contribution in [-0.4, -0.2) is 0 Å². The van der Waals surface area contributed by atoms with Crippen molar-refractivity contribution in [1.82, 2.24) is 0 Å². The predicted octanol–water partition coefficient (Wildman–Crippen LogP) is 7.17. The van der Waals surface area contributed by atoms with Crippen LogP contribution in [0.1, 0.15) is 16.7 Å². The van der Waals surface area contributed by atoms with Crippen molar-refractivity contribution in [2.24, 2.45) is 0 Å². The van der Waals surface area contributed by atoms with Crippen molar-refractivity contribution in [2.75, 3.05) is 5.32 Å². The highest BCUT2D eigenvalue weighted by atomic mass is 14.9. The van der Waals surface area contributed by atoms with E-state index in [1.54, 1.807) is 0 Å². The van der Waals surface area contributed by atoms with Crippen LogP contribution in [0, 0.1) is 6.92 Å². The van der Waals surface area contributed by atoms with E-state index in [-0.39, 0.29) is 0 Å². The van der Waals surface area contributed by atoms with Crippen LogP contribution in [0.3, 0.4) is 0 Å². The highest BCUT2D eigenvalue weighted by molar-refractivity contribution is 5.74. The van der Waals surface area contributed by atoms with E-state index >= 15 is 0 Å². The Morgan fingerprint density at radius 1 is 0.607 bits per heavy atom. The molecule has 1 aliphatic rings. The van der Waals surface area contributed by atoms with E-state index in [9.17, 15) is 0 Å². The molecule has 0 saturated carbocycles. The normalized spacial score (nSPS) is 12.2. The number of benzene rings is 4. The maximum absolute atomic E-state index is 3.51. The molecule has 0 spiro atoms. The van der Waals surface area contributed by atoms with Crippen molar-refractivity contribution in [3.8, 4) is 22.3 Å². The molecule has 0 aliphatic heterocycles. The van der Waals surface area contributed by atoms with Crippen molar-refractivity contribution in [3.05, 3.63) is 108 Å². The van der Waals surface area contributed by atoms with Crippen LogP contribution in [0.4, 0.5) is 11.4 Å². The fraction of sp³-hybridized carbons (Fsp3) is 0.111. The molecule has 136 valence electrons. The van der Waals surface area contributed by atoms with Crippen LogP contribution >= 0.6 is 0 Å². The molecule has 5 rings (SSSR count). The minimum atomic E-state index is 1.10. The molecule has 0 saturated heterocycles. The smallest absolute Gasteiger partial charge is 0.0384 e. The number of hydrogen-bond donors (Lipinski definition) is 1. The van der Waals surface area contributed by atoms with Crippen molar-refractivity contribution in [1.29, 1.82) is 0 Å². The Hall–Kier alpha value is -3.32. The first-order chi connectivity index (χ1) is 13.8. The molecular formula is C27H23N. The van der Waals surface area contributed by atoms with Gasteiger partial charge in [-0.2, -0.15) is 0 Å². The molecule has 0 heterocycles. The van der Waals surface area contributed by atoms with E-state index in [1.807, 2.05) is 0 Å². The van der Waals surface area contributed by atoms with E-state index < -0.39 is 0 Å². The lowest BCUT2D eigenvalue weighted by molar-refractivity contribution is 0.842. The van der Waals surface area contributed by atoms with Gasteiger partial charge in [-0.1, -0.05) is 72.3 Å². The topological polar surface area (TPSA) is 12.0 Å². The Kier molecular flexibility index (Phi) is 4.21. The second-order valence-electron chi connectivity index (χ2n) is 7.59. The lowest BCUT2D eigenvalue weighted by atomic mass is 9.82. The molecule has 0 aromatic heterocycles. The second kappa shape index (κ2) is 7.01. The van der Waals surface area contributed by atoms with Gasteiger partial charge in [0, 0.05) is 11.4 Å². The number of hydrogen-bond acceptors (Lipinski definition) is 1. The Morgan fingerprint density at radius 3 is 1.93 bits per heavy atom. The first-order valence-electron chi connectivity index (χ1n) is 9.92. The molecule has 28 heavy (non-hydrogen) atoms. The average molecular weight is 361 g/mol. The maximum Gasteiger partial charge on any atom is 0.0384 e. The summed E-state index contributed by atoms with van der Waals surface area (Å²) in [7, 11) is 0. The lowest BCUT2D eigenvalue weighted by Gasteiger charge is -2.22. The van der Waals surface area contributed by atoms with Crippen LogP contribution in [0.2, 0.25) is 0 Å². The zero-order valence-electron chi connectivity index (χ0n) is 16.1. The van der Waals surface area contributed by atoms with Gasteiger partial charge in [0.2, 0.25) is 0 Å². The first kappa shape index (κ1) is 16.8. The van der Waals surface area contributed by atoms with Crippen molar-refractivity contribution in [3.63, 3.8) is 0 Å². The minimum absolute atomic E-state index is 1.10. The van der Waals surface area contributed by atoms with Crippen LogP contribution in [0.5, 0.6) is 0 Å². The van der Waals surface area contributed by atoms with Gasteiger partial charge in [-0.25, -0.2) is 0 Å². The van der Waals surface area contributed by atoms with E-state index in [4.69, 9.17) is 0 Å². The fourth-order valence-electron chi connectivity index (χ4n) is 3.99. The Labute approximate surface area is 166 Å². The summed E-state index contributed by atoms with van der Waals surface area (Å²) in [5.74, 6) is 0. The number of aryl methyl sites for hydroxylation is 2. The molecule has 1 N–H and O–H groups in total. The van der Waals surface area contributed by atoms with Gasteiger partial charge in [-0.3, -0.25) is 0 Å². The van der Waals surface area contributed by atoms with Gasteiger partial charge >= 0.3 is 0 Å². The summed E-state index contributed by atoms with van der Waals surface area (Å²) < 4.78 is 0. The predicted molar refractivity (Wildman–Crippen MR) is 119 cm³/mol. The zero-order valence-corrected chi connectivity index (χ0v) is 16.1. The SMILES string of the molecule is Cc1cccc(-c2ccc(Nc3ccc(-c4cccc5c4CC5)cc3)cc2)c1. The van der Waals surface area contributed by atoms with Crippen LogP contribution in [-0.2, 0) is 12.8 Å². The Balaban J connectivity index is 1.33. The summed E-state index contributed by atoms with van der Waals surface area (Å²) in [5.41, 5.74) is 11.7. The highest BCUT2D eigenvalue weighted by Gasteiger charge is 2.17. The van der Waals surface area contributed by atoms with Gasteiger partial charge < -0.3 is 5.32 Å². The third kappa shape index (κ3) is 3.20. The van der Waals surface area contributed by atoms with Gasteiger partial charge in [-0.05, 0) is 77.4 Å². The second-order valence-corrected chi connectivity index (χ2v) is 7.59. The van der Waals surface area contributed by atoms with Crippen molar-refractivity contribution < 1.29 is 0 Å². The van der Waals surface area contributed by atoms with E-state index in [1.165, 1.54) is 51.8 Å². The summed E-state index contributed by atoms with van der Waals surface area (Å²) in [6, 6.07) is 32.7. The maximum atomic E-state index is 3.51. The molecule has 1 nitrogen and oxygen atoms in total. The quantitative estimate of drug-likeness (QED) is 0.406. The fourth-order valence-corrected chi connectivity index (χ4v) is 3.99. The standard InChI is InChI=1S/C27H23N/c1-19-4-2-6-23(18-19)20-8-13-24(14-9-20)28-25-15-10-22(11-16-25)26-7-3-5-21-12-17-27(21)26/h2-11,13-16,18,28H,12,17H2,1H3. The number of fused-ring (bicyclic) bond motifs is 1. The summed E-state index contributed by atoms with van der Waals surface area (Å²) in [6.07, 6.45) is 2.43. The molecule has 0 radical (unpaired) electrons. The molecule has 1 heteroatoms. The largest absolute Gasteiger partial charge is 0.356 e. The van der Waals surface area contributed by atoms with E-state index in [0.717, 1.165) is 11.4 Å². The van der Waals surface area contributed by atoms with Crippen molar-refractivity contribution >= 4 is 11.4 Å². The minimum Gasteiger partial charge on any atom is -0.356 e. The molecule has 0 unspecified atom stereocenters. The van der Waals surface area contributed by atoms with E-state index in [2.05, 4.69) is 103 Å².